The fourth-order valence-electron chi connectivity index (χ4n) is 1.61. The number of halogens is 4. The highest BCUT2D eigenvalue weighted by atomic mass is 35.5. The SMILES string of the molecule is CC(CNCC(F)(F)F)N(C)Cc1ccc(Cl)cc1. The molecule has 1 aromatic rings. The molecule has 0 aliphatic rings. The van der Waals surface area contributed by atoms with Crippen LogP contribution in [0.3, 0.4) is 0 Å². The summed E-state index contributed by atoms with van der Waals surface area (Å²) in [5, 5.41) is 3.09. The van der Waals surface area contributed by atoms with E-state index >= 15 is 0 Å². The highest BCUT2D eigenvalue weighted by Gasteiger charge is 2.26. The molecule has 0 saturated heterocycles. The van der Waals surface area contributed by atoms with Crippen molar-refractivity contribution in [2.45, 2.75) is 25.7 Å². The lowest BCUT2D eigenvalue weighted by Gasteiger charge is -2.25. The van der Waals surface area contributed by atoms with Gasteiger partial charge in [-0.1, -0.05) is 23.7 Å². The van der Waals surface area contributed by atoms with E-state index in [1.807, 2.05) is 31.0 Å². The van der Waals surface area contributed by atoms with Crippen LogP contribution in [0.4, 0.5) is 13.2 Å². The molecule has 0 heterocycles. The quantitative estimate of drug-likeness (QED) is 0.866. The number of hydrogen-bond acceptors (Lipinski definition) is 2. The molecular weight excluding hydrogens is 277 g/mol. The Morgan fingerprint density at radius 3 is 2.37 bits per heavy atom. The monoisotopic (exact) mass is 294 g/mol. The summed E-state index contributed by atoms with van der Waals surface area (Å²) < 4.78 is 36.0. The fraction of sp³-hybridized carbons (Fsp3) is 0.538. The van der Waals surface area contributed by atoms with Crippen molar-refractivity contribution in [1.82, 2.24) is 10.2 Å². The smallest absolute Gasteiger partial charge is 0.307 e. The average molecular weight is 295 g/mol. The van der Waals surface area contributed by atoms with Gasteiger partial charge < -0.3 is 5.32 Å². The largest absolute Gasteiger partial charge is 0.401 e. The Labute approximate surface area is 116 Å². The molecule has 1 atom stereocenters. The lowest BCUT2D eigenvalue weighted by Crippen LogP contribution is -2.40. The predicted molar refractivity (Wildman–Crippen MR) is 71.3 cm³/mol. The molecule has 0 aliphatic heterocycles. The first-order valence-electron chi connectivity index (χ1n) is 6.00. The Balaban J connectivity index is 2.36. The molecular formula is C13H18ClF3N2. The minimum absolute atomic E-state index is 0.0121. The Morgan fingerprint density at radius 1 is 1.26 bits per heavy atom. The van der Waals surface area contributed by atoms with Gasteiger partial charge in [0.2, 0.25) is 0 Å². The van der Waals surface area contributed by atoms with Crippen LogP contribution >= 0.6 is 11.6 Å². The molecule has 0 spiro atoms. The molecule has 19 heavy (non-hydrogen) atoms. The van der Waals surface area contributed by atoms with Crippen molar-refractivity contribution >= 4 is 11.6 Å². The van der Waals surface area contributed by atoms with Crippen molar-refractivity contribution in [3.05, 3.63) is 34.9 Å². The Bertz CT molecular complexity index is 378. The summed E-state index contributed by atoms with van der Waals surface area (Å²) in [4.78, 5) is 1.99. The van der Waals surface area contributed by atoms with Crippen molar-refractivity contribution in [3.8, 4) is 0 Å². The van der Waals surface area contributed by atoms with Gasteiger partial charge in [0.25, 0.3) is 0 Å². The van der Waals surface area contributed by atoms with Crippen molar-refractivity contribution in [1.29, 1.82) is 0 Å². The van der Waals surface area contributed by atoms with Gasteiger partial charge in [0.05, 0.1) is 6.54 Å². The molecule has 1 rings (SSSR count). The first-order valence-corrected chi connectivity index (χ1v) is 6.38. The van der Waals surface area contributed by atoms with Crippen molar-refractivity contribution in [2.75, 3.05) is 20.1 Å². The maximum Gasteiger partial charge on any atom is 0.401 e. The third-order valence-electron chi connectivity index (χ3n) is 2.86. The van der Waals surface area contributed by atoms with Gasteiger partial charge in [-0.05, 0) is 31.7 Å². The molecule has 6 heteroatoms. The molecule has 1 unspecified atom stereocenters. The lowest BCUT2D eigenvalue weighted by atomic mass is 10.2. The van der Waals surface area contributed by atoms with Gasteiger partial charge in [-0.25, -0.2) is 0 Å². The minimum atomic E-state index is -4.16. The Morgan fingerprint density at radius 2 is 1.84 bits per heavy atom. The summed E-state index contributed by atoms with van der Waals surface area (Å²) in [5.41, 5.74) is 1.08. The second kappa shape index (κ2) is 7.12. The zero-order chi connectivity index (χ0) is 14.5. The number of rotatable bonds is 6. The molecule has 0 fully saturated rings. The van der Waals surface area contributed by atoms with E-state index in [4.69, 9.17) is 11.6 Å². The summed E-state index contributed by atoms with van der Waals surface area (Å²) in [6, 6.07) is 7.44. The van der Waals surface area contributed by atoms with Crippen LogP contribution in [-0.2, 0) is 6.54 Å². The van der Waals surface area contributed by atoms with Gasteiger partial charge in [-0.3, -0.25) is 4.90 Å². The van der Waals surface area contributed by atoms with Gasteiger partial charge in [0, 0.05) is 24.2 Å². The van der Waals surface area contributed by atoms with Crippen molar-refractivity contribution < 1.29 is 13.2 Å². The summed E-state index contributed by atoms with van der Waals surface area (Å²) in [5.74, 6) is 0. The standard InChI is InChI=1S/C13H18ClF3N2/c1-10(7-18-9-13(15,16)17)19(2)8-11-3-5-12(14)6-4-11/h3-6,10,18H,7-9H2,1-2H3. The van der Waals surface area contributed by atoms with E-state index in [0.29, 0.717) is 18.1 Å². The van der Waals surface area contributed by atoms with Gasteiger partial charge in [0.15, 0.2) is 0 Å². The molecule has 0 aliphatic carbocycles. The van der Waals surface area contributed by atoms with Crippen LogP contribution in [0.2, 0.25) is 5.02 Å². The van der Waals surface area contributed by atoms with Crippen LogP contribution in [0.1, 0.15) is 12.5 Å². The number of nitrogens with one attached hydrogen (secondary N) is 1. The number of benzene rings is 1. The molecule has 2 nitrogen and oxygen atoms in total. The van der Waals surface area contributed by atoms with E-state index < -0.39 is 12.7 Å². The van der Waals surface area contributed by atoms with Gasteiger partial charge >= 0.3 is 6.18 Å². The van der Waals surface area contributed by atoms with Gasteiger partial charge in [-0.15, -0.1) is 0 Å². The lowest BCUT2D eigenvalue weighted by molar-refractivity contribution is -0.125. The second-order valence-corrected chi connectivity index (χ2v) is 5.07. The van der Waals surface area contributed by atoms with E-state index in [1.165, 1.54) is 0 Å². The van der Waals surface area contributed by atoms with E-state index in [-0.39, 0.29) is 6.04 Å². The number of alkyl halides is 3. The highest BCUT2D eigenvalue weighted by Crippen LogP contribution is 2.13. The van der Waals surface area contributed by atoms with Crippen LogP contribution in [0.15, 0.2) is 24.3 Å². The molecule has 1 N–H and O–H groups in total. The highest BCUT2D eigenvalue weighted by molar-refractivity contribution is 6.30. The van der Waals surface area contributed by atoms with E-state index in [2.05, 4.69) is 5.32 Å². The molecule has 1 aromatic carbocycles. The Kier molecular flexibility index (Phi) is 6.10. The number of nitrogens with zero attached hydrogens (tertiary/aromatic N) is 1. The third kappa shape index (κ3) is 6.80. The van der Waals surface area contributed by atoms with Crippen LogP contribution < -0.4 is 5.32 Å². The molecule has 0 saturated carbocycles. The first-order chi connectivity index (χ1) is 8.78. The van der Waals surface area contributed by atoms with Crippen LogP contribution in [0, 0.1) is 0 Å². The topological polar surface area (TPSA) is 15.3 Å². The predicted octanol–water partition coefficient (Wildman–Crippen LogP) is 3.31. The average Bonchev–Trinajstić information content (AvgIpc) is 2.30. The third-order valence-corrected chi connectivity index (χ3v) is 3.11. The summed E-state index contributed by atoms with van der Waals surface area (Å²) >= 11 is 5.79. The van der Waals surface area contributed by atoms with Gasteiger partial charge in [-0.2, -0.15) is 13.2 Å². The van der Waals surface area contributed by atoms with Crippen molar-refractivity contribution in [2.24, 2.45) is 0 Å². The maximum absolute atomic E-state index is 12.0. The number of hydrogen-bond donors (Lipinski definition) is 1. The molecule has 0 radical (unpaired) electrons. The zero-order valence-corrected chi connectivity index (χ0v) is 11.7. The second-order valence-electron chi connectivity index (χ2n) is 4.64. The molecule has 0 aromatic heterocycles. The van der Waals surface area contributed by atoms with Crippen LogP contribution in [0.5, 0.6) is 0 Å². The fourth-order valence-corrected chi connectivity index (χ4v) is 1.74. The summed E-state index contributed by atoms with van der Waals surface area (Å²) in [7, 11) is 1.88. The number of likely N-dealkylation sites (N-methyl/N-ethyl adjacent to an activating group) is 1. The molecule has 0 amide bonds. The summed E-state index contributed by atoms with van der Waals surface area (Å²) in [6.45, 7) is 1.90. The van der Waals surface area contributed by atoms with Gasteiger partial charge in [0.1, 0.15) is 0 Å². The molecule has 0 bridgehead atoms. The minimum Gasteiger partial charge on any atom is -0.307 e. The maximum atomic E-state index is 12.0. The summed E-state index contributed by atoms with van der Waals surface area (Å²) in [6.07, 6.45) is -4.16. The normalized spacial score (nSPS) is 13.8. The first kappa shape index (κ1) is 16.3. The van der Waals surface area contributed by atoms with E-state index in [0.717, 1.165) is 5.56 Å². The zero-order valence-electron chi connectivity index (χ0n) is 11.0. The van der Waals surface area contributed by atoms with Crippen LogP contribution in [-0.4, -0.2) is 37.3 Å². The van der Waals surface area contributed by atoms with Crippen molar-refractivity contribution in [3.63, 3.8) is 0 Å². The van der Waals surface area contributed by atoms with E-state index in [1.54, 1.807) is 12.1 Å². The van der Waals surface area contributed by atoms with E-state index in [9.17, 15) is 13.2 Å². The molecule has 108 valence electrons. The van der Waals surface area contributed by atoms with Crippen LogP contribution in [0.25, 0.3) is 0 Å². The Hall–Kier alpha value is -0.780.